The summed E-state index contributed by atoms with van der Waals surface area (Å²) in [6, 6.07) is 8.36. The summed E-state index contributed by atoms with van der Waals surface area (Å²) in [6.07, 6.45) is 6.59. The highest BCUT2D eigenvalue weighted by molar-refractivity contribution is 6.30. The van der Waals surface area contributed by atoms with Crippen LogP contribution in [0, 0.1) is 0 Å². The number of unbranched alkanes of at least 4 members (excludes halogenated alkanes) is 1. The molecule has 0 N–H and O–H groups in total. The second kappa shape index (κ2) is 8.39. The molecule has 0 saturated heterocycles. The Labute approximate surface area is 144 Å². The van der Waals surface area contributed by atoms with E-state index >= 15 is 0 Å². The van der Waals surface area contributed by atoms with Crippen LogP contribution in [0.2, 0.25) is 5.02 Å². The highest BCUT2D eigenvalue weighted by atomic mass is 35.5. The molecular formula is C19H27ClN2O. The summed E-state index contributed by atoms with van der Waals surface area (Å²) < 4.78 is 5.34. The second-order valence-electron chi connectivity index (χ2n) is 5.96. The van der Waals surface area contributed by atoms with Crippen molar-refractivity contribution in [1.29, 1.82) is 0 Å². The van der Waals surface area contributed by atoms with Crippen molar-refractivity contribution < 1.29 is 4.52 Å². The standard InChI is InChI=1S/C18H23ClN2O.CH4/c1-2-16-13-17(22-20-16)7-3-4-10-21-11-5-6-14-12-15(19)8-9-18(14)21;/h8-9,12-13H,2-7,10-11H2,1H3;1H4. The van der Waals surface area contributed by atoms with Gasteiger partial charge < -0.3 is 9.42 Å². The Morgan fingerprint density at radius 1 is 1.26 bits per heavy atom. The van der Waals surface area contributed by atoms with Crippen molar-refractivity contribution in [2.24, 2.45) is 0 Å². The molecule has 1 aliphatic rings. The fourth-order valence-electron chi connectivity index (χ4n) is 3.12. The van der Waals surface area contributed by atoms with Crippen LogP contribution in [0.5, 0.6) is 0 Å². The van der Waals surface area contributed by atoms with Crippen molar-refractivity contribution in [3.8, 4) is 0 Å². The van der Waals surface area contributed by atoms with E-state index in [2.05, 4.69) is 35.2 Å². The molecule has 2 heterocycles. The summed E-state index contributed by atoms with van der Waals surface area (Å²) in [5.74, 6) is 1.02. The molecule has 23 heavy (non-hydrogen) atoms. The van der Waals surface area contributed by atoms with E-state index in [0.29, 0.717) is 0 Å². The first kappa shape index (κ1) is 17.9. The molecule has 1 aromatic heterocycles. The third-order valence-corrected chi connectivity index (χ3v) is 4.56. The number of hydrogen-bond donors (Lipinski definition) is 0. The number of benzene rings is 1. The van der Waals surface area contributed by atoms with Gasteiger partial charge in [-0.05, 0) is 55.9 Å². The van der Waals surface area contributed by atoms with E-state index in [1.807, 2.05) is 6.07 Å². The van der Waals surface area contributed by atoms with Crippen LogP contribution in [-0.2, 0) is 19.3 Å². The van der Waals surface area contributed by atoms with E-state index in [9.17, 15) is 0 Å². The molecule has 3 nitrogen and oxygen atoms in total. The average Bonchev–Trinajstić information content (AvgIpc) is 2.99. The number of hydrogen-bond acceptors (Lipinski definition) is 3. The minimum absolute atomic E-state index is 0. The molecule has 0 fully saturated rings. The lowest BCUT2D eigenvalue weighted by Gasteiger charge is -2.31. The smallest absolute Gasteiger partial charge is 0.137 e. The summed E-state index contributed by atoms with van der Waals surface area (Å²) >= 11 is 6.10. The van der Waals surface area contributed by atoms with Crippen LogP contribution in [-0.4, -0.2) is 18.2 Å². The summed E-state index contributed by atoms with van der Waals surface area (Å²) in [7, 11) is 0. The summed E-state index contributed by atoms with van der Waals surface area (Å²) in [6.45, 7) is 4.35. The van der Waals surface area contributed by atoms with Gasteiger partial charge in [0.05, 0.1) is 5.69 Å². The second-order valence-corrected chi connectivity index (χ2v) is 6.40. The number of rotatable bonds is 6. The van der Waals surface area contributed by atoms with Gasteiger partial charge in [0.2, 0.25) is 0 Å². The van der Waals surface area contributed by atoms with Gasteiger partial charge in [-0.3, -0.25) is 0 Å². The van der Waals surface area contributed by atoms with Gasteiger partial charge in [-0.2, -0.15) is 0 Å². The third-order valence-electron chi connectivity index (χ3n) is 4.33. The molecule has 2 aromatic rings. The normalized spacial score (nSPS) is 13.6. The van der Waals surface area contributed by atoms with Crippen LogP contribution < -0.4 is 4.90 Å². The molecule has 0 atom stereocenters. The SMILES string of the molecule is C.CCc1cc(CCCCN2CCCc3cc(Cl)ccc32)on1. The fourth-order valence-corrected chi connectivity index (χ4v) is 3.31. The van der Waals surface area contributed by atoms with Crippen LogP contribution in [0.25, 0.3) is 0 Å². The van der Waals surface area contributed by atoms with Gasteiger partial charge in [-0.25, -0.2) is 0 Å². The first-order chi connectivity index (χ1) is 10.8. The minimum atomic E-state index is 0. The number of aromatic nitrogens is 1. The number of halogens is 1. The number of nitrogens with zero attached hydrogens (tertiary/aromatic N) is 2. The zero-order valence-corrected chi connectivity index (χ0v) is 13.9. The molecule has 0 spiro atoms. The maximum absolute atomic E-state index is 6.10. The Balaban J connectivity index is 0.00000192. The van der Waals surface area contributed by atoms with Gasteiger partial charge in [0.25, 0.3) is 0 Å². The lowest BCUT2D eigenvalue weighted by molar-refractivity contribution is 0.374. The topological polar surface area (TPSA) is 29.3 Å². The van der Waals surface area contributed by atoms with Crippen molar-refractivity contribution >= 4 is 17.3 Å². The van der Waals surface area contributed by atoms with E-state index < -0.39 is 0 Å². The molecule has 3 rings (SSSR count). The first-order valence-electron chi connectivity index (χ1n) is 8.24. The Morgan fingerprint density at radius 3 is 2.91 bits per heavy atom. The molecule has 126 valence electrons. The zero-order valence-electron chi connectivity index (χ0n) is 13.1. The van der Waals surface area contributed by atoms with Crippen LogP contribution in [0.1, 0.15) is 50.6 Å². The minimum Gasteiger partial charge on any atom is -0.371 e. The maximum Gasteiger partial charge on any atom is 0.137 e. The fraction of sp³-hybridized carbons (Fsp3) is 0.526. The van der Waals surface area contributed by atoms with Crippen molar-refractivity contribution in [3.05, 3.63) is 46.3 Å². The van der Waals surface area contributed by atoms with E-state index in [1.54, 1.807) is 0 Å². The quantitative estimate of drug-likeness (QED) is 0.671. The highest BCUT2D eigenvalue weighted by Gasteiger charge is 2.16. The van der Waals surface area contributed by atoms with Crippen LogP contribution in [0.4, 0.5) is 5.69 Å². The molecule has 0 amide bonds. The lowest BCUT2D eigenvalue weighted by atomic mass is 10.0. The zero-order chi connectivity index (χ0) is 15.4. The maximum atomic E-state index is 6.10. The van der Waals surface area contributed by atoms with Crippen molar-refractivity contribution in [3.63, 3.8) is 0 Å². The molecule has 4 heteroatoms. The average molecular weight is 335 g/mol. The molecule has 1 aromatic carbocycles. The van der Waals surface area contributed by atoms with Gasteiger partial charge in [0.15, 0.2) is 0 Å². The Kier molecular flexibility index (Phi) is 6.52. The van der Waals surface area contributed by atoms with Gasteiger partial charge in [-0.1, -0.05) is 31.1 Å². The molecule has 0 bridgehead atoms. The largest absolute Gasteiger partial charge is 0.371 e. The van der Waals surface area contributed by atoms with Crippen molar-refractivity contribution in [2.75, 3.05) is 18.0 Å². The van der Waals surface area contributed by atoms with Gasteiger partial charge >= 0.3 is 0 Å². The van der Waals surface area contributed by atoms with E-state index in [1.165, 1.54) is 24.1 Å². The van der Waals surface area contributed by atoms with Crippen molar-refractivity contribution in [1.82, 2.24) is 5.16 Å². The molecule has 0 aliphatic carbocycles. The van der Waals surface area contributed by atoms with E-state index in [4.69, 9.17) is 16.1 Å². The van der Waals surface area contributed by atoms with Crippen LogP contribution >= 0.6 is 11.6 Å². The predicted octanol–water partition coefficient (Wildman–Crippen LogP) is 5.30. The number of fused-ring (bicyclic) bond motifs is 1. The van der Waals surface area contributed by atoms with E-state index in [0.717, 1.165) is 55.2 Å². The van der Waals surface area contributed by atoms with Crippen LogP contribution in [0.3, 0.4) is 0 Å². The number of aryl methyl sites for hydroxylation is 3. The molecule has 0 unspecified atom stereocenters. The third kappa shape index (κ3) is 4.51. The van der Waals surface area contributed by atoms with Gasteiger partial charge in [0, 0.05) is 36.3 Å². The Morgan fingerprint density at radius 2 is 2.13 bits per heavy atom. The van der Waals surface area contributed by atoms with E-state index in [-0.39, 0.29) is 7.43 Å². The molecule has 0 radical (unpaired) electrons. The predicted molar refractivity (Wildman–Crippen MR) is 97.5 cm³/mol. The molecule has 1 aliphatic heterocycles. The van der Waals surface area contributed by atoms with Gasteiger partial charge in [-0.15, -0.1) is 0 Å². The summed E-state index contributed by atoms with van der Waals surface area (Å²) in [5.41, 5.74) is 3.81. The highest BCUT2D eigenvalue weighted by Crippen LogP contribution is 2.29. The first-order valence-corrected chi connectivity index (χ1v) is 8.62. The number of anilines is 1. The summed E-state index contributed by atoms with van der Waals surface area (Å²) in [4.78, 5) is 2.49. The Hall–Kier alpha value is -1.48. The molecular weight excluding hydrogens is 308 g/mol. The monoisotopic (exact) mass is 334 g/mol. The van der Waals surface area contributed by atoms with Crippen molar-refractivity contribution in [2.45, 2.75) is 52.9 Å². The lowest BCUT2D eigenvalue weighted by Crippen LogP contribution is -2.30. The van der Waals surface area contributed by atoms with Gasteiger partial charge in [0.1, 0.15) is 5.76 Å². The molecule has 0 saturated carbocycles. The summed E-state index contributed by atoms with van der Waals surface area (Å²) in [5, 5.41) is 4.89. The van der Waals surface area contributed by atoms with Crippen LogP contribution in [0.15, 0.2) is 28.8 Å². The Bertz CT molecular complexity index is 624.